The Kier molecular flexibility index (Phi) is 3.22. The second kappa shape index (κ2) is 5.21. The van der Waals surface area contributed by atoms with E-state index < -0.39 is 5.41 Å². The number of quaternary nitrogens is 1. The molecule has 4 atom stereocenters. The molecule has 1 fully saturated rings. The van der Waals surface area contributed by atoms with Gasteiger partial charge in [-0.25, -0.2) is 0 Å². The minimum atomic E-state index is -0.898. The fourth-order valence-electron chi connectivity index (χ4n) is 6.01. The summed E-state index contributed by atoms with van der Waals surface area (Å²) in [6.07, 6.45) is 4.42. The van der Waals surface area contributed by atoms with Crippen LogP contribution in [0.15, 0.2) is 35.9 Å². The number of piperidine rings is 1. The lowest BCUT2D eigenvalue weighted by Crippen LogP contribution is -2.70. The Hall–Kier alpha value is -2.11. The van der Waals surface area contributed by atoms with E-state index >= 15 is 0 Å². The number of fused-ring (bicyclic) bond motifs is 3. The van der Waals surface area contributed by atoms with E-state index in [4.69, 9.17) is 4.74 Å². The van der Waals surface area contributed by atoms with Crippen molar-refractivity contribution < 1.29 is 14.2 Å². The van der Waals surface area contributed by atoms with E-state index in [1.54, 1.807) is 0 Å². The van der Waals surface area contributed by atoms with Crippen molar-refractivity contribution in [3.05, 3.63) is 52.4 Å². The normalized spacial score (nSPS) is 35.0. The smallest absolute Gasteiger partial charge is 0.324 e. The van der Waals surface area contributed by atoms with Gasteiger partial charge in [0.25, 0.3) is 0 Å². The predicted molar refractivity (Wildman–Crippen MR) is 99.3 cm³/mol. The molecule has 0 spiro atoms. The Bertz CT molecular complexity index is 946. The third-order valence-electron chi connectivity index (χ3n) is 6.82. The summed E-state index contributed by atoms with van der Waals surface area (Å²) in [5.41, 5.74) is 3.32. The number of nitrogens with one attached hydrogen (secondary N) is 1. The van der Waals surface area contributed by atoms with E-state index in [1.165, 1.54) is 7.11 Å². The van der Waals surface area contributed by atoms with Gasteiger partial charge in [-0.1, -0.05) is 31.2 Å². The summed E-state index contributed by atoms with van der Waals surface area (Å²) in [7, 11) is 1.45. The molecule has 136 valence electrons. The third kappa shape index (κ3) is 1.80. The first-order valence-corrected chi connectivity index (χ1v) is 9.50. The van der Waals surface area contributed by atoms with Crippen LogP contribution in [0.5, 0.6) is 0 Å². The lowest BCUT2D eigenvalue weighted by Gasteiger charge is -2.61. The van der Waals surface area contributed by atoms with Crippen LogP contribution in [0.25, 0.3) is 10.9 Å². The van der Waals surface area contributed by atoms with Crippen LogP contribution in [0.1, 0.15) is 31.0 Å². The van der Waals surface area contributed by atoms with Gasteiger partial charge in [0.2, 0.25) is 0 Å². The van der Waals surface area contributed by atoms with Gasteiger partial charge >= 0.3 is 5.97 Å². The molecule has 4 heterocycles. The molecule has 1 aromatic heterocycles. The molecule has 1 aliphatic carbocycles. The van der Waals surface area contributed by atoms with Crippen LogP contribution < -0.4 is 0 Å². The summed E-state index contributed by atoms with van der Waals surface area (Å²) in [5, 5.41) is 15.1. The van der Waals surface area contributed by atoms with Crippen LogP contribution >= 0.6 is 0 Å². The summed E-state index contributed by atoms with van der Waals surface area (Å²) in [5.74, 6) is -0.136. The highest BCUT2D eigenvalue weighted by Crippen LogP contribution is 2.55. The zero-order chi connectivity index (χ0) is 18.1. The molecule has 3 aliphatic heterocycles. The van der Waals surface area contributed by atoms with Gasteiger partial charge in [0.1, 0.15) is 6.04 Å². The first-order chi connectivity index (χ1) is 12.5. The van der Waals surface area contributed by atoms with E-state index in [0.717, 1.165) is 34.2 Å². The van der Waals surface area contributed by atoms with Crippen molar-refractivity contribution in [2.24, 2.45) is 5.92 Å². The highest BCUT2D eigenvalue weighted by Gasteiger charge is 2.65. The predicted octanol–water partition coefficient (Wildman–Crippen LogP) is 3.19. The van der Waals surface area contributed by atoms with E-state index in [0.29, 0.717) is 25.9 Å². The van der Waals surface area contributed by atoms with Gasteiger partial charge < -0.3 is 19.6 Å². The number of hydrogen-bond donors (Lipinski definition) is 1. The average molecular weight is 352 g/mol. The van der Waals surface area contributed by atoms with Gasteiger partial charge in [0.15, 0.2) is 5.41 Å². The van der Waals surface area contributed by atoms with Crippen molar-refractivity contribution in [3.63, 3.8) is 0 Å². The van der Waals surface area contributed by atoms with Crippen LogP contribution in [0.4, 0.5) is 0 Å². The van der Waals surface area contributed by atoms with Crippen LogP contribution in [0, 0.1) is 11.1 Å². The molecule has 6 rings (SSSR count). The number of aromatic amines is 1. The van der Waals surface area contributed by atoms with E-state index in [-0.39, 0.29) is 22.6 Å². The van der Waals surface area contributed by atoms with E-state index in [1.807, 2.05) is 18.2 Å². The fraction of sp³-hybridized carbons (Fsp3) is 0.476. The van der Waals surface area contributed by atoms with Gasteiger partial charge in [-0.15, -0.1) is 0 Å². The first-order valence-electron chi connectivity index (χ1n) is 9.50. The van der Waals surface area contributed by atoms with E-state index in [2.05, 4.69) is 24.1 Å². The molecular weight excluding hydrogens is 328 g/mol. The summed E-state index contributed by atoms with van der Waals surface area (Å²) >= 11 is 0. The maximum Gasteiger partial charge on any atom is 0.324 e. The Morgan fingerprint density at radius 2 is 2.23 bits per heavy atom. The SMILES string of the molecule is CCC1=C[C@H]2C[C@]3(C(=O)OC)c4[nH]c5ccccc5c4CC[N+]([O-])(C2)[C@H]13. The van der Waals surface area contributed by atoms with Gasteiger partial charge in [0.05, 0.1) is 20.2 Å². The van der Waals surface area contributed by atoms with Gasteiger partial charge in [-0.2, -0.15) is 0 Å². The molecule has 4 aliphatic rings. The molecule has 1 N–H and O–H groups in total. The molecule has 2 aromatic rings. The number of methoxy groups -OCH3 is 1. The van der Waals surface area contributed by atoms with Crippen LogP contribution in [-0.4, -0.2) is 41.8 Å². The Labute approximate surface area is 152 Å². The standard InChI is InChI=1S/C21H24N2O3/c1-3-14-10-13-11-21(20(24)26-2)18-16(8-9-23(25,12-13)19(14)21)15-6-4-5-7-17(15)22-18/h4-7,10,13,19,22H,3,8-9,11-12H2,1-2H3/t13-,19+,21-,23?/m0/s1. The van der Waals surface area contributed by atoms with Crippen molar-refractivity contribution in [2.45, 2.75) is 37.6 Å². The van der Waals surface area contributed by atoms with Gasteiger partial charge in [-0.3, -0.25) is 4.79 Å². The lowest BCUT2D eigenvalue weighted by atomic mass is 9.60. The van der Waals surface area contributed by atoms with Crippen molar-refractivity contribution in [1.82, 2.24) is 4.98 Å². The maximum absolute atomic E-state index is 13.9. The zero-order valence-corrected chi connectivity index (χ0v) is 15.2. The Morgan fingerprint density at radius 1 is 1.42 bits per heavy atom. The number of H-pyrrole nitrogens is 1. The molecule has 0 radical (unpaired) electrons. The summed E-state index contributed by atoms with van der Waals surface area (Å²) < 4.78 is 5.03. The molecule has 0 saturated carbocycles. The average Bonchev–Trinajstić information content (AvgIpc) is 3.00. The molecule has 1 saturated heterocycles. The summed E-state index contributed by atoms with van der Waals surface area (Å²) in [6, 6.07) is 7.78. The molecule has 4 bridgehead atoms. The monoisotopic (exact) mass is 352 g/mol. The number of hydroxylamine groups is 3. The van der Waals surface area contributed by atoms with E-state index in [9.17, 15) is 10.0 Å². The maximum atomic E-state index is 13.9. The second-order valence-corrected chi connectivity index (χ2v) is 8.06. The molecule has 0 amide bonds. The number of para-hydroxylation sites is 1. The molecule has 1 unspecified atom stereocenters. The molecule has 5 heteroatoms. The van der Waals surface area contributed by atoms with Gasteiger partial charge in [-0.05, 0) is 30.0 Å². The number of aromatic nitrogens is 1. The summed E-state index contributed by atoms with van der Waals surface area (Å²) in [4.78, 5) is 16.8. The highest BCUT2D eigenvalue weighted by molar-refractivity contribution is 5.92. The van der Waals surface area contributed by atoms with Crippen molar-refractivity contribution >= 4 is 16.9 Å². The Morgan fingerprint density at radius 3 is 3.00 bits per heavy atom. The van der Waals surface area contributed by atoms with Crippen molar-refractivity contribution in [3.8, 4) is 0 Å². The van der Waals surface area contributed by atoms with Crippen LogP contribution in [0.3, 0.4) is 0 Å². The quantitative estimate of drug-likeness (QED) is 0.391. The fourth-order valence-corrected chi connectivity index (χ4v) is 6.01. The topological polar surface area (TPSA) is 65.2 Å². The molecule has 26 heavy (non-hydrogen) atoms. The van der Waals surface area contributed by atoms with Crippen LogP contribution in [-0.2, 0) is 21.4 Å². The number of nitrogens with zero attached hydrogens (tertiary/aromatic N) is 1. The number of carbonyl (C=O) groups excluding carboxylic acids is 1. The third-order valence-corrected chi connectivity index (χ3v) is 6.82. The number of carbonyl (C=O) groups is 1. The molecule has 5 nitrogen and oxygen atoms in total. The van der Waals surface area contributed by atoms with Gasteiger partial charge in [0, 0.05) is 28.9 Å². The molecule has 1 aromatic carbocycles. The highest BCUT2D eigenvalue weighted by atomic mass is 16.6. The van der Waals surface area contributed by atoms with Crippen LogP contribution in [0.2, 0.25) is 0 Å². The van der Waals surface area contributed by atoms with Crippen molar-refractivity contribution in [2.75, 3.05) is 20.2 Å². The Balaban J connectivity index is 1.86. The zero-order valence-electron chi connectivity index (χ0n) is 15.2. The minimum absolute atomic E-state index is 0.129. The minimum Gasteiger partial charge on any atom is -0.632 e. The number of benzene rings is 1. The number of hydrogen-bond acceptors (Lipinski definition) is 3. The summed E-state index contributed by atoms with van der Waals surface area (Å²) in [6.45, 7) is 3.18. The number of ether oxygens (including phenoxy) is 1. The first kappa shape index (κ1) is 16.1. The second-order valence-electron chi connectivity index (χ2n) is 8.06. The lowest BCUT2D eigenvalue weighted by molar-refractivity contribution is -0.913. The van der Waals surface area contributed by atoms with Crippen molar-refractivity contribution in [1.29, 1.82) is 0 Å². The number of esters is 1. The number of rotatable bonds is 2. The molecular formula is C21H24N2O3. The largest absolute Gasteiger partial charge is 0.632 e.